The Bertz CT molecular complexity index is 695. The van der Waals surface area contributed by atoms with E-state index < -0.39 is 10.0 Å². The fourth-order valence-electron chi connectivity index (χ4n) is 1.46. The largest absolute Gasteiger partial charge is 0.392 e. The highest BCUT2D eigenvalue weighted by molar-refractivity contribution is 7.89. The van der Waals surface area contributed by atoms with Crippen molar-refractivity contribution in [2.45, 2.75) is 4.90 Å². The smallest absolute Gasteiger partial charge is 0.245 e. The van der Waals surface area contributed by atoms with E-state index in [9.17, 15) is 8.42 Å². The molecule has 0 aliphatic carbocycles. The number of benzene rings is 1. The molecule has 0 amide bonds. The zero-order valence-electron chi connectivity index (χ0n) is 9.40. The lowest BCUT2D eigenvalue weighted by Crippen LogP contribution is -2.34. The molecule has 1 aromatic carbocycles. The number of likely N-dealkylation sites (N-methyl/N-ethyl adjacent to an activating group) is 1. The van der Waals surface area contributed by atoms with Gasteiger partial charge in [0.2, 0.25) is 10.0 Å². The molecule has 0 saturated carbocycles. The monoisotopic (exact) mass is 302 g/mol. The molecule has 0 fully saturated rings. The molecule has 1 aromatic heterocycles. The van der Waals surface area contributed by atoms with Gasteiger partial charge in [0.25, 0.3) is 0 Å². The molecular formula is C9H10N4O2S3. The summed E-state index contributed by atoms with van der Waals surface area (Å²) in [5.74, 6) is 0. The van der Waals surface area contributed by atoms with Crippen LogP contribution in [0.15, 0.2) is 23.1 Å². The fourth-order valence-corrected chi connectivity index (χ4v) is 3.63. The Hall–Kier alpha value is -1.16. The first kappa shape index (κ1) is 13.3. The third-order valence-electron chi connectivity index (χ3n) is 2.32. The van der Waals surface area contributed by atoms with Crippen molar-refractivity contribution >= 4 is 50.0 Å². The molecule has 18 heavy (non-hydrogen) atoms. The van der Waals surface area contributed by atoms with Gasteiger partial charge in [-0.05, 0) is 12.1 Å². The molecule has 0 aliphatic rings. The summed E-state index contributed by atoms with van der Waals surface area (Å²) in [5, 5.41) is 0. The number of hydrogen-bond donors (Lipinski definition) is 1. The van der Waals surface area contributed by atoms with E-state index in [4.69, 9.17) is 18.0 Å². The average molecular weight is 302 g/mol. The molecule has 0 unspecified atom stereocenters. The first-order valence-electron chi connectivity index (χ1n) is 4.89. The topological polar surface area (TPSA) is 89.2 Å². The highest BCUT2D eigenvalue weighted by Gasteiger charge is 2.24. The van der Waals surface area contributed by atoms with Crippen LogP contribution in [0.5, 0.6) is 0 Å². The summed E-state index contributed by atoms with van der Waals surface area (Å²) in [6.45, 7) is -0.00831. The highest BCUT2D eigenvalue weighted by atomic mass is 32.2. The summed E-state index contributed by atoms with van der Waals surface area (Å²) >= 11 is 5.69. The van der Waals surface area contributed by atoms with Crippen LogP contribution in [-0.4, -0.2) is 40.1 Å². The number of thiocarbonyl (C=S) groups is 1. The van der Waals surface area contributed by atoms with Crippen molar-refractivity contribution in [1.82, 2.24) is 13.1 Å². The van der Waals surface area contributed by atoms with E-state index in [0.29, 0.717) is 11.0 Å². The Labute approximate surface area is 114 Å². The maximum atomic E-state index is 12.3. The second-order valence-corrected chi connectivity index (χ2v) is 6.68. The second-order valence-electron chi connectivity index (χ2n) is 3.62. The Morgan fingerprint density at radius 1 is 1.50 bits per heavy atom. The lowest BCUT2D eigenvalue weighted by atomic mass is 10.3. The third-order valence-corrected chi connectivity index (χ3v) is 4.82. The molecule has 0 aliphatic heterocycles. The molecule has 9 heteroatoms. The summed E-state index contributed by atoms with van der Waals surface area (Å²) in [6, 6.07) is 4.84. The van der Waals surface area contributed by atoms with Crippen molar-refractivity contribution < 1.29 is 8.42 Å². The molecule has 1 heterocycles. The van der Waals surface area contributed by atoms with Gasteiger partial charge in [-0.15, -0.1) is 0 Å². The predicted octanol–water partition coefficient (Wildman–Crippen LogP) is 0.598. The third kappa shape index (κ3) is 2.34. The summed E-state index contributed by atoms with van der Waals surface area (Å²) < 4.78 is 33.8. The molecule has 2 rings (SSSR count). The quantitative estimate of drug-likeness (QED) is 0.832. The first-order chi connectivity index (χ1) is 8.43. The number of sulfonamides is 1. The normalized spacial score (nSPS) is 12.1. The second kappa shape index (κ2) is 4.84. The Morgan fingerprint density at radius 2 is 2.22 bits per heavy atom. The minimum Gasteiger partial charge on any atom is -0.392 e. The molecule has 96 valence electrons. The van der Waals surface area contributed by atoms with E-state index in [1.165, 1.54) is 13.1 Å². The van der Waals surface area contributed by atoms with E-state index in [-0.39, 0.29) is 16.4 Å². The molecule has 6 nitrogen and oxygen atoms in total. The van der Waals surface area contributed by atoms with Gasteiger partial charge in [-0.25, -0.2) is 8.42 Å². The van der Waals surface area contributed by atoms with E-state index in [1.54, 1.807) is 12.1 Å². The standard InChI is InChI=1S/C9H10N4O2S3/c1-13(5-8(10)16)18(14,15)7-4-2-3-6-9(7)12-17-11-6/h2-4H,5H2,1H3,(H2,10,16). The number of nitrogens with zero attached hydrogens (tertiary/aromatic N) is 3. The van der Waals surface area contributed by atoms with E-state index >= 15 is 0 Å². The molecule has 0 spiro atoms. The van der Waals surface area contributed by atoms with Crippen LogP contribution in [0.3, 0.4) is 0 Å². The molecular weight excluding hydrogens is 292 g/mol. The predicted molar refractivity (Wildman–Crippen MR) is 74.0 cm³/mol. The molecule has 0 bridgehead atoms. The zero-order chi connectivity index (χ0) is 13.3. The summed E-state index contributed by atoms with van der Waals surface area (Å²) in [5.41, 5.74) is 6.29. The Kier molecular flexibility index (Phi) is 3.57. The molecule has 0 atom stereocenters. The van der Waals surface area contributed by atoms with Crippen molar-refractivity contribution in [2.24, 2.45) is 5.73 Å². The van der Waals surface area contributed by atoms with Crippen LogP contribution < -0.4 is 5.73 Å². The Balaban J connectivity index is 2.53. The number of hydrogen-bond acceptors (Lipinski definition) is 6. The van der Waals surface area contributed by atoms with Crippen molar-refractivity contribution in [3.63, 3.8) is 0 Å². The van der Waals surface area contributed by atoms with E-state index in [1.807, 2.05) is 0 Å². The number of aromatic nitrogens is 2. The van der Waals surface area contributed by atoms with Crippen molar-refractivity contribution in [3.8, 4) is 0 Å². The van der Waals surface area contributed by atoms with E-state index in [0.717, 1.165) is 16.0 Å². The van der Waals surface area contributed by atoms with Gasteiger partial charge in [0.15, 0.2) is 0 Å². The molecule has 0 radical (unpaired) electrons. The minimum absolute atomic E-state index is 0.00831. The molecule has 2 N–H and O–H groups in total. The van der Waals surface area contributed by atoms with Crippen LogP contribution in [0, 0.1) is 0 Å². The summed E-state index contributed by atoms with van der Waals surface area (Å²) in [7, 11) is -2.24. The number of nitrogens with two attached hydrogens (primary N) is 1. The van der Waals surface area contributed by atoms with Crippen molar-refractivity contribution in [1.29, 1.82) is 0 Å². The SMILES string of the molecule is CN(CC(N)=S)S(=O)(=O)c1cccc2nsnc12. The summed E-state index contributed by atoms with van der Waals surface area (Å²) in [4.78, 5) is 0.233. The van der Waals surface area contributed by atoms with Gasteiger partial charge < -0.3 is 5.73 Å². The molecule has 0 saturated heterocycles. The Morgan fingerprint density at radius 3 is 2.89 bits per heavy atom. The maximum Gasteiger partial charge on any atom is 0.245 e. The van der Waals surface area contributed by atoms with E-state index in [2.05, 4.69) is 8.75 Å². The van der Waals surface area contributed by atoms with Crippen LogP contribution in [0.1, 0.15) is 0 Å². The van der Waals surface area contributed by atoms with Gasteiger partial charge in [-0.3, -0.25) is 0 Å². The summed E-state index contributed by atoms with van der Waals surface area (Å²) in [6.07, 6.45) is 0. The van der Waals surface area contributed by atoms with Gasteiger partial charge >= 0.3 is 0 Å². The fraction of sp³-hybridized carbons (Fsp3) is 0.222. The van der Waals surface area contributed by atoms with Crippen LogP contribution in [0.4, 0.5) is 0 Å². The van der Waals surface area contributed by atoms with Gasteiger partial charge in [-0.1, -0.05) is 18.3 Å². The van der Waals surface area contributed by atoms with Crippen LogP contribution >= 0.6 is 23.9 Å². The lowest BCUT2D eigenvalue weighted by molar-refractivity contribution is 0.507. The number of fused-ring (bicyclic) bond motifs is 1. The highest BCUT2D eigenvalue weighted by Crippen LogP contribution is 2.23. The van der Waals surface area contributed by atoms with Crippen molar-refractivity contribution in [3.05, 3.63) is 18.2 Å². The van der Waals surface area contributed by atoms with Crippen LogP contribution in [0.25, 0.3) is 11.0 Å². The van der Waals surface area contributed by atoms with Crippen molar-refractivity contribution in [2.75, 3.05) is 13.6 Å². The van der Waals surface area contributed by atoms with Gasteiger partial charge in [0.1, 0.15) is 15.9 Å². The lowest BCUT2D eigenvalue weighted by Gasteiger charge is -2.16. The van der Waals surface area contributed by atoms with Gasteiger partial charge in [-0.2, -0.15) is 13.1 Å². The first-order valence-corrected chi connectivity index (χ1v) is 7.46. The van der Waals surface area contributed by atoms with Crippen LogP contribution in [-0.2, 0) is 10.0 Å². The average Bonchev–Trinajstić information content (AvgIpc) is 2.75. The molecule has 2 aromatic rings. The van der Waals surface area contributed by atoms with Crippen LogP contribution in [0.2, 0.25) is 0 Å². The number of rotatable bonds is 4. The minimum atomic E-state index is -3.66. The zero-order valence-corrected chi connectivity index (χ0v) is 11.8. The maximum absolute atomic E-state index is 12.3. The van der Waals surface area contributed by atoms with Gasteiger partial charge in [0, 0.05) is 7.05 Å². The van der Waals surface area contributed by atoms with Gasteiger partial charge in [0.05, 0.1) is 23.3 Å².